The number of morpholine rings is 1. The van der Waals surface area contributed by atoms with E-state index in [1.165, 1.54) is 0 Å². The highest BCUT2D eigenvalue weighted by Gasteiger charge is 2.36. The van der Waals surface area contributed by atoms with E-state index in [4.69, 9.17) is 14.2 Å². The van der Waals surface area contributed by atoms with Gasteiger partial charge < -0.3 is 24.2 Å². The molecular formula is C20H27N3O5. The smallest absolute Gasteiger partial charge is 0.225 e. The molecule has 1 saturated heterocycles. The predicted octanol–water partition coefficient (Wildman–Crippen LogP) is 1.56. The zero-order chi connectivity index (χ0) is 20.1. The molecule has 2 unspecified atom stereocenters. The third kappa shape index (κ3) is 4.13. The molecule has 1 amide bonds. The van der Waals surface area contributed by atoms with Gasteiger partial charge in [0.05, 0.1) is 33.5 Å². The molecule has 1 aliphatic rings. The van der Waals surface area contributed by atoms with Crippen molar-refractivity contribution in [3.05, 3.63) is 41.7 Å². The van der Waals surface area contributed by atoms with Crippen LogP contribution in [-0.2, 0) is 16.1 Å². The van der Waals surface area contributed by atoms with Crippen LogP contribution in [0.3, 0.4) is 0 Å². The lowest BCUT2D eigenvalue weighted by molar-refractivity contribution is -0.150. The number of aliphatic hydroxyl groups is 1. The summed E-state index contributed by atoms with van der Waals surface area (Å²) >= 11 is 0. The third-order valence-corrected chi connectivity index (χ3v) is 5.07. The molecule has 2 aromatic rings. The Bertz CT molecular complexity index is 807. The number of hydrogen-bond donors (Lipinski definition) is 1. The van der Waals surface area contributed by atoms with E-state index >= 15 is 0 Å². The molecule has 2 atom stereocenters. The van der Waals surface area contributed by atoms with Gasteiger partial charge in [-0.05, 0) is 30.7 Å². The summed E-state index contributed by atoms with van der Waals surface area (Å²) in [6.45, 7) is 3.15. The highest BCUT2D eigenvalue weighted by Crippen LogP contribution is 2.35. The van der Waals surface area contributed by atoms with Gasteiger partial charge in [0.15, 0.2) is 11.5 Å². The summed E-state index contributed by atoms with van der Waals surface area (Å²) in [6.07, 6.45) is 1.55. The molecule has 3 rings (SSSR count). The Morgan fingerprint density at radius 3 is 2.71 bits per heavy atom. The van der Waals surface area contributed by atoms with Crippen LogP contribution in [0.25, 0.3) is 0 Å². The van der Waals surface area contributed by atoms with Crippen LogP contribution in [0.1, 0.15) is 23.7 Å². The summed E-state index contributed by atoms with van der Waals surface area (Å²) in [6, 6.07) is 7.02. The van der Waals surface area contributed by atoms with Gasteiger partial charge in [-0.2, -0.15) is 5.10 Å². The average Bonchev–Trinajstić information content (AvgIpc) is 3.15. The first kappa shape index (κ1) is 20.2. The van der Waals surface area contributed by atoms with Crippen molar-refractivity contribution < 1.29 is 24.1 Å². The fourth-order valence-electron chi connectivity index (χ4n) is 3.58. The van der Waals surface area contributed by atoms with Crippen molar-refractivity contribution >= 4 is 5.91 Å². The molecule has 28 heavy (non-hydrogen) atoms. The van der Waals surface area contributed by atoms with Crippen molar-refractivity contribution in [2.24, 2.45) is 0 Å². The van der Waals surface area contributed by atoms with Crippen LogP contribution < -0.4 is 9.47 Å². The number of amides is 1. The molecule has 2 heterocycles. The number of methoxy groups -OCH3 is 2. The summed E-state index contributed by atoms with van der Waals surface area (Å²) in [5, 5.41) is 14.1. The Kier molecular flexibility index (Phi) is 6.53. The molecule has 0 saturated carbocycles. The molecule has 0 spiro atoms. The Morgan fingerprint density at radius 2 is 2.07 bits per heavy atom. The van der Waals surface area contributed by atoms with Crippen LogP contribution in [0.2, 0.25) is 0 Å². The standard InChI is InChI=1S/C20H27N3O5/c1-14-6-8-21-23(14)9-7-19(25)22-10-11-28-18(13-24)20(22)15-4-5-16(26-2)17(12-15)27-3/h4-6,8,12,18,20,24H,7,9-11,13H2,1-3H3. The minimum Gasteiger partial charge on any atom is -0.493 e. The van der Waals surface area contributed by atoms with Crippen LogP contribution >= 0.6 is 0 Å². The number of nitrogens with zero attached hydrogens (tertiary/aromatic N) is 3. The molecule has 0 aliphatic carbocycles. The topological polar surface area (TPSA) is 86.0 Å². The number of carbonyl (C=O) groups excluding carboxylic acids is 1. The molecule has 8 heteroatoms. The molecular weight excluding hydrogens is 362 g/mol. The van der Waals surface area contributed by atoms with Crippen molar-refractivity contribution in [2.45, 2.75) is 32.0 Å². The molecule has 8 nitrogen and oxygen atoms in total. The lowest BCUT2D eigenvalue weighted by Crippen LogP contribution is -2.49. The fraction of sp³-hybridized carbons (Fsp3) is 0.500. The van der Waals surface area contributed by atoms with Gasteiger partial charge in [-0.15, -0.1) is 0 Å². The van der Waals surface area contributed by atoms with Gasteiger partial charge in [-0.25, -0.2) is 0 Å². The monoisotopic (exact) mass is 389 g/mol. The second kappa shape index (κ2) is 9.07. The fourth-order valence-corrected chi connectivity index (χ4v) is 3.58. The minimum absolute atomic E-state index is 0.00330. The van der Waals surface area contributed by atoms with Gasteiger partial charge in [-0.3, -0.25) is 9.48 Å². The van der Waals surface area contributed by atoms with Crippen molar-refractivity contribution in [2.75, 3.05) is 34.0 Å². The van der Waals surface area contributed by atoms with E-state index < -0.39 is 12.1 Å². The molecule has 152 valence electrons. The highest BCUT2D eigenvalue weighted by molar-refractivity contribution is 5.77. The summed E-state index contributed by atoms with van der Waals surface area (Å²) in [4.78, 5) is 14.8. The van der Waals surface area contributed by atoms with Gasteiger partial charge in [0.2, 0.25) is 5.91 Å². The number of hydrogen-bond acceptors (Lipinski definition) is 6. The minimum atomic E-state index is -0.498. The van der Waals surface area contributed by atoms with Crippen LogP contribution in [-0.4, -0.2) is 65.8 Å². The summed E-state index contributed by atoms with van der Waals surface area (Å²) < 4.78 is 18.3. The summed E-state index contributed by atoms with van der Waals surface area (Å²) in [5.74, 6) is 1.17. The zero-order valence-corrected chi connectivity index (χ0v) is 16.5. The van der Waals surface area contributed by atoms with Crippen LogP contribution in [0.5, 0.6) is 11.5 Å². The van der Waals surface area contributed by atoms with Crippen LogP contribution in [0, 0.1) is 6.92 Å². The maximum atomic E-state index is 13.0. The number of carbonyl (C=O) groups is 1. The maximum absolute atomic E-state index is 13.0. The van der Waals surface area contributed by atoms with E-state index in [2.05, 4.69) is 5.10 Å². The first-order chi connectivity index (χ1) is 13.6. The Balaban J connectivity index is 1.84. The SMILES string of the molecule is COc1ccc(C2C(CO)OCCN2C(=O)CCn2nccc2C)cc1OC. The van der Waals surface area contributed by atoms with E-state index in [-0.39, 0.29) is 12.5 Å². The van der Waals surface area contributed by atoms with Gasteiger partial charge in [0, 0.05) is 31.4 Å². The first-order valence-electron chi connectivity index (χ1n) is 9.31. The van der Waals surface area contributed by atoms with Crippen LogP contribution in [0.4, 0.5) is 0 Å². The second-order valence-corrected chi connectivity index (χ2v) is 6.68. The number of ether oxygens (including phenoxy) is 3. The number of aliphatic hydroxyl groups excluding tert-OH is 1. The lowest BCUT2D eigenvalue weighted by Gasteiger charge is -2.41. The Hall–Kier alpha value is -2.58. The quantitative estimate of drug-likeness (QED) is 0.774. The van der Waals surface area contributed by atoms with Crippen molar-refractivity contribution in [3.8, 4) is 11.5 Å². The predicted molar refractivity (Wildman–Crippen MR) is 102 cm³/mol. The van der Waals surface area contributed by atoms with Gasteiger partial charge >= 0.3 is 0 Å². The normalized spacial score (nSPS) is 19.5. The van der Waals surface area contributed by atoms with E-state index in [1.54, 1.807) is 31.4 Å². The zero-order valence-electron chi connectivity index (χ0n) is 16.5. The number of aryl methyl sites for hydroxylation is 2. The molecule has 1 aromatic carbocycles. The highest BCUT2D eigenvalue weighted by atomic mass is 16.5. The van der Waals surface area contributed by atoms with Gasteiger partial charge in [0.25, 0.3) is 0 Å². The molecule has 0 bridgehead atoms. The summed E-state index contributed by atoms with van der Waals surface area (Å²) in [5.41, 5.74) is 1.85. The number of rotatable bonds is 7. The van der Waals surface area contributed by atoms with Gasteiger partial charge in [0.1, 0.15) is 6.10 Å². The Labute approximate surface area is 164 Å². The van der Waals surface area contributed by atoms with E-state index in [1.807, 2.05) is 29.8 Å². The van der Waals surface area contributed by atoms with Crippen molar-refractivity contribution in [1.29, 1.82) is 0 Å². The molecule has 1 N–H and O–H groups in total. The first-order valence-corrected chi connectivity index (χ1v) is 9.31. The number of aromatic nitrogens is 2. The molecule has 1 aliphatic heterocycles. The molecule has 0 radical (unpaired) electrons. The average molecular weight is 389 g/mol. The molecule has 1 aromatic heterocycles. The van der Waals surface area contributed by atoms with Crippen LogP contribution in [0.15, 0.2) is 30.5 Å². The van der Waals surface area contributed by atoms with E-state index in [0.717, 1.165) is 11.3 Å². The van der Waals surface area contributed by atoms with E-state index in [0.29, 0.717) is 37.6 Å². The Morgan fingerprint density at radius 1 is 1.29 bits per heavy atom. The van der Waals surface area contributed by atoms with E-state index in [9.17, 15) is 9.90 Å². The van der Waals surface area contributed by atoms with Crippen molar-refractivity contribution in [3.63, 3.8) is 0 Å². The van der Waals surface area contributed by atoms with Gasteiger partial charge in [-0.1, -0.05) is 6.07 Å². The number of benzene rings is 1. The lowest BCUT2D eigenvalue weighted by atomic mass is 9.97. The third-order valence-electron chi connectivity index (χ3n) is 5.07. The van der Waals surface area contributed by atoms with Crippen molar-refractivity contribution in [1.82, 2.24) is 14.7 Å². The summed E-state index contributed by atoms with van der Waals surface area (Å²) in [7, 11) is 3.14. The largest absolute Gasteiger partial charge is 0.493 e. The molecule has 1 fully saturated rings. The maximum Gasteiger partial charge on any atom is 0.225 e. The second-order valence-electron chi connectivity index (χ2n) is 6.68.